The van der Waals surface area contributed by atoms with E-state index in [0.29, 0.717) is 5.25 Å². The lowest BCUT2D eigenvalue weighted by Gasteiger charge is -2.42. The molecule has 3 nitrogen and oxygen atoms in total. The van der Waals surface area contributed by atoms with Crippen molar-refractivity contribution in [2.75, 3.05) is 38.5 Å². The third-order valence-corrected chi connectivity index (χ3v) is 5.47. The van der Waals surface area contributed by atoms with Crippen LogP contribution in [0.1, 0.15) is 33.6 Å². The van der Waals surface area contributed by atoms with E-state index in [1.807, 2.05) is 11.8 Å². The van der Waals surface area contributed by atoms with Crippen molar-refractivity contribution < 1.29 is 5.11 Å². The summed E-state index contributed by atoms with van der Waals surface area (Å²) in [5.74, 6) is 1.24. The van der Waals surface area contributed by atoms with Gasteiger partial charge in [-0.25, -0.2) is 0 Å². The van der Waals surface area contributed by atoms with E-state index in [4.69, 9.17) is 0 Å². The maximum absolute atomic E-state index is 9.70. The van der Waals surface area contributed by atoms with E-state index in [-0.39, 0.29) is 12.1 Å². The van der Waals surface area contributed by atoms with Crippen molar-refractivity contribution in [3.8, 4) is 0 Å². The highest BCUT2D eigenvalue weighted by Gasteiger charge is 2.37. The van der Waals surface area contributed by atoms with Gasteiger partial charge in [0.05, 0.1) is 12.1 Å². The maximum atomic E-state index is 9.70. The Morgan fingerprint density at radius 2 is 2.12 bits per heavy atom. The average Bonchev–Trinajstić information content (AvgIpc) is 2.37. The molecule has 0 spiro atoms. The number of hydrogen-bond acceptors (Lipinski definition) is 4. The predicted molar refractivity (Wildman–Crippen MR) is 76.8 cm³/mol. The van der Waals surface area contributed by atoms with Crippen LogP contribution in [0.4, 0.5) is 0 Å². The van der Waals surface area contributed by atoms with E-state index in [1.54, 1.807) is 0 Å². The summed E-state index contributed by atoms with van der Waals surface area (Å²) in [5, 5.41) is 13.8. The fourth-order valence-corrected chi connectivity index (χ4v) is 3.77. The smallest absolute Gasteiger partial charge is 0.0624 e. The Kier molecular flexibility index (Phi) is 6.85. The second-order valence-electron chi connectivity index (χ2n) is 4.88. The van der Waals surface area contributed by atoms with E-state index >= 15 is 0 Å². The number of aliphatic hydroxyl groups excluding tert-OH is 1. The molecule has 0 amide bonds. The van der Waals surface area contributed by atoms with Crippen LogP contribution in [0.15, 0.2) is 0 Å². The summed E-state index contributed by atoms with van der Waals surface area (Å²) in [6.07, 6.45) is 2.32. The van der Waals surface area contributed by atoms with Gasteiger partial charge in [0.2, 0.25) is 0 Å². The molecule has 0 aliphatic carbocycles. The molecule has 2 unspecified atom stereocenters. The Morgan fingerprint density at radius 3 is 2.65 bits per heavy atom. The highest BCUT2D eigenvalue weighted by Crippen LogP contribution is 2.33. The molecule has 1 saturated heterocycles. The Bertz CT molecular complexity index is 212. The summed E-state index contributed by atoms with van der Waals surface area (Å²) < 4.78 is 0. The lowest BCUT2D eigenvalue weighted by Crippen LogP contribution is -2.58. The van der Waals surface area contributed by atoms with Gasteiger partial charge in [-0.1, -0.05) is 20.8 Å². The molecule has 102 valence electrons. The zero-order chi connectivity index (χ0) is 12.7. The normalized spacial score (nSPS) is 29.8. The molecule has 1 fully saturated rings. The zero-order valence-electron chi connectivity index (χ0n) is 11.5. The van der Waals surface area contributed by atoms with Crippen molar-refractivity contribution >= 4 is 11.8 Å². The first-order chi connectivity index (χ1) is 8.18. The second kappa shape index (κ2) is 7.62. The zero-order valence-corrected chi connectivity index (χ0v) is 12.4. The highest BCUT2D eigenvalue weighted by atomic mass is 32.2. The molecule has 0 aromatic heterocycles. The summed E-state index contributed by atoms with van der Waals surface area (Å²) in [4.78, 5) is 2.42. The molecule has 0 aromatic rings. The van der Waals surface area contributed by atoms with Gasteiger partial charge in [-0.2, -0.15) is 11.8 Å². The van der Waals surface area contributed by atoms with Crippen LogP contribution in [0.3, 0.4) is 0 Å². The molecule has 1 aliphatic heterocycles. The molecule has 1 aliphatic rings. The van der Waals surface area contributed by atoms with Crippen LogP contribution in [-0.2, 0) is 0 Å². The number of hydrogen-bond donors (Lipinski definition) is 2. The lowest BCUT2D eigenvalue weighted by atomic mass is 9.90. The number of thioether (sulfide) groups is 1. The largest absolute Gasteiger partial charge is 0.394 e. The average molecular weight is 260 g/mol. The Balaban J connectivity index is 2.40. The highest BCUT2D eigenvalue weighted by molar-refractivity contribution is 8.00. The molecule has 0 aromatic carbocycles. The van der Waals surface area contributed by atoms with Crippen LogP contribution in [0.2, 0.25) is 0 Å². The minimum atomic E-state index is -0.0456. The second-order valence-corrected chi connectivity index (χ2v) is 6.33. The number of nitrogens with one attached hydrogen (secondary N) is 1. The maximum Gasteiger partial charge on any atom is 0.0624 e. The third kappa shape index (κ3) is 4.12. The van der Waals surface area contributed by atoms with E-state index in [0.717, 1.165) is 32.6 Å². The van der Waals surface area contributed by atoms with E-state index in [2.05, 4.69) is 31.0 Å². The quantitative estimate of drug-likeness (QED) is 0.728. The number of aliphatic hydroxyl groups is 1. The molecule has 2 atom stereocenters. The van der Waals surface area contributed by atoms with Crippen LogP contribution in [-0.4, -0.2) is 59.3 Å². The molecular weight excluding hydrogens is 232 g/mol. The van der Waals surface area contributed by atoms with Crippen LogP contribution < -0.4 is 5.32 Å². The minimum absolute atomic E-state index is 0.0456. The van der Waals surface area contributed by atoms with Gasteiger partial charge in [-0.15, -0.1) is 0 Å². The van der Waals surface area contributed by atoms with Crippen LogP contribution >= 0.6 is 11.8 Å². The van der Waals surface area contributed by atoms with E-state index in [1.165, 1.54) is 12.2 Å². The van der Waals surface area contributed by atoms with Gasteiger partial charge in [0, 0.05) is 18.3 Å². The van der Waals surface area contributed by atoms with Gasteiger partial charge in [0.1, 0.15) is 0 Å². The van der Waals surface area contributed by atoms with E-state index in [9.17, 15) is 5.11 Å². The van der Waals surface area contributed by atoms with Crippen LogP contribution in [0.5, 0.6) is 0 Å². The summed E-state index contributed by atoms with van der Waals surface area (Å²) >= 11 is 1.98. The SMILES string of the molecule is CCN(CC)CCNC1(CO)CCCSC1C. The fourth-order valence-electron chi connectivity index (χ4n) is 2.51. The van der Waals surface area contributed by atoms with E-state index < -0.39 is 0 Å². The summed E-state index contributed by atoms with van der Waals surface area (Å²) in [6.45, 7) is 11.2. The molecule has 0 saturated carbocycles. The van der Waals surface area contributed by atoms with Crippen molar-refractivity contribution in [2.24, 2.45) is 0 Å². The van der Waals surface area contributed by atoms with Crippen molar-refractivity contribution in [2.45, 2.75) is 44.4 Å². The molecule has 2 N–H and O–H groups in total. The minimum Gasteiger partial charge on any atom is -0.394 e. The van der Waals surface area contributed by atoms with Crippen molar-refractivity contribution in [1.29, 1.82) is 0 Å². The van der Waals surface area contributed by atoms with Crippen LogP contribution in [0.25, 0.3) is 0 Å². The molecule has 17 heavy (non-hydrogen) atoms. The number of nitrogens with zero attached hydrogens (tertiary/aromatic N) is 1. The van der Waals surface area contributed by atoms with Gasteiger partial charge < -0.3 is 15.3 Å². The van der Waals surface area contributed by atoms with Crippen molar-refractivity contribution in [1.82, 2.24) is 10.2 Å². The van der Waals surface area contributed by atoms with Gasteiger partial charge in [0.25, 0.3) is 0 Å². The van der Waals surface area contributed by atoms with Gasteiger partial charge >= 0.3 is 0 Å². The summed E-state index contributed by atoms with van der Waals surface area (Å²) in [7, 11) is 0. The third-order valence-electron chi connectivity index (χ3n) is 3.99. The molecule has 0 bridgehead atoms. The first-order valence-electron chi connectivity index (χ1n) is 6.88. The predicted octanol–water partition coefficient (Wildman–Crippen LogP) is 1.56. The van der Waals surface area contributed by atoms with Crippen LogP contribution in [0, 0.1) is 0 Å². The molecule has 0 radical (unpaired) electrons. The summed E-state index contributed by atoms with van der Waals surface area (Å²) in [6, 6.07) is 0. The first kappa shape index (κ1) is 15.3. The number of likely N-dealkylation sites (N-methyl/N-ethyl adjacent to an activating group) is 1. The monoisotopic (exact) mass is 260 g/mol. The lowest BCUT2D eigenvalue weighted by molar-refractivity contribution is 0.142. The molecule has 4 heteroatoms. The number of rotatable bonds is 7. The fraction of sp³-hybridized carbons (Fsp3) is 1.00. The molecule has 1 rings (SSSR count). The Hall–Kier alpha value is 0.230. The molecular formula is C13H28N2OS. The first-order valence-corrected chi connectivity index (χ1v) is 7.93. The van der Waals surface area contributed by atoms with Crippen molar-refractivity contribution in [3.63, 3.8) is 0 Å². The van der Waals surface area contributed by atoms with Gasteiger partial charge in [-0.3, -0.25) is 0 Å². The van der Waals surface area contributed by atoms with Crippen molar-refractivity contribution in [3.05, 3.63) is 0 Å². The van der Waals surface area contributed by atoms with Gasteiger partial charge in [0.15, 0.2) is 0 Å². The van der Waals surface area contributed by atoms with Gasteiger partial charge in [-0.05, 0) is 31.7 Å². The molecule has 1 heterocycles. The summed E-state index contributed by atoms with van der Waals surface area (Å²) in [5.41, 5.74) is -0.0456. The standard InChI is InChI=1S/C13H28N2OS/c1-4-15(5-2)9-8-14-13(11-16)7-6-10-17-12(13)3/h12,14,16H,4-11H2,1-3H3. The Morgan fingerprint density at radius 1 is 1.41 bits per heavy atom. The Labute approximate surface area is 110 Å². The topological polar surface area (TPSA) is 35.5 Å².